The molecule has 1 saturated heterocycles. The Bertz CT molecular complexity index is 763. The van der Waals surface area contributed by atoms with E-state index in [0.29, 0.717) is 12.2 Å². The fourth-order valence-corrected chi connectivity index (χ4v) is 3.69. The first kappa shape index (κ1) is 16.8. The van der Waals surface area contributed by atoms with Gasteiger partial charge < -0.3 is 20.3 Å². The second-order valence-electron chi connectivity index (χ2n) is 7.23. The lowest BCUT2D eigenvalue weighted by atomic mass is 10.0. The average Bonchev–Trinajstić information content (AvgIpc) is 3.26. The molecule has 6 nitrogen and oxygen atoms in total. The lowest BCUT2D eigenvalue weighted by Gasteiger charge is -2.25. The summed E-state index contributed by atoms with van der Waals surface area (Å²) in [5, 5.41) is 6.45. The van der Waals surface area contributed by atoms with Crippen molar-refractivity contribution in [3.05, 3.63) is 65.9 Å². The molecule has 26 heavy (non-hydrogen) atoms. The molecule has 1 aromatic rings. The van der Waals surface area contributed by atoms with Gasteiger partial charge in [0.15, 0.2) is 12.4 Å². The van der Waals surface area contributed by atoms with Gasteiger partial charge in [-0.25, -0.2) is 4.98 Å². The van der Waals surface area contributed by atoms with Gasteiger partial charge in [0.05, 0.1) is 11.3 Å². The maximum Gasteiger partial charge on any atom is 0.269 e. The zero-order valence-electron chi connectivity index (χ0n) is 15.0. The number of aromatic amines is 1. The number of amides is 1. The zero-order chi connectivity index (χ0) is 18.0. The third-order valence-electron chi connectivity index (χ3n) is 5.14. The van der Waals surface area contributed by atoms with Crippen LogP contribution in [0.25, 0.3) is 0 Å². The van der Waals surface area contributed by atoms with Crippen molar-refractivity contribution in [2.24, 2.45) is 0 Å². The maximum atomic E-state index is 12.8. The Kier molecular flexibility index (Phi) is 4.51. The average molecular weight is 353 g/mol. The first-order valence-corrected chi connectivity index (χ1v) is 9.16. The molecule has 1 aromatic heterocycles. The lowest BCUT2D eigenvalue weighted by Crippen LogP contribution is -2.43. The monoisotopic (exact) mass is 353 g/mol. The van der Waals surface area contributed by atoms with E-state index < -0.39 is 0 Å². The highest BCUT2D eigenvalue weighted by atomic mass is 16.5. The van der Waals surface area contributed by atoms with Gasteiger partial charge in [-0.1, -0.05) is 6.08 Å². The van der Waals surface area contributed by atoms with E-state index in [2.05, 4.69) is 33.5 Å². The topological polar surface area (TPSA) is 67.7 Å². The molecule has 4 heterocycles. The molecule has 0 bridgehead atoms. The van der Waals surface area contributed by atoms with Gasteiger partial charge in [-0.3, -0.25) is 4.79 Å². The number of rotatable bonds is 5. The van der Waals surface area contributed by atoms with Gasteiger partial charge in [0.2, 0.25) is 0 Å². The van der Waals surface area contributed by atoms with Gasteiger partial charge in [0, 0.05) is 37.4 Å². The number of ether oxygens (including phenoxy) is 1. The van der Waals surface area contributed by atoms with Crippen LogP contribution in [0.3, 0.4) is 0 Å². The predicted molar refractivity (Wildman–Crippen MR) is 97.4 cm³/mol. The van der Waals surface area contributed by atoms with Crippen LogP contribution < -0.4 is 15.6 Å². The maximum absolute atomic E-state index is 12.8. The van der Waals surface area contributed by atoms with Crippen molar-refractivity contribution in [2.45, 2.75) is 38.0 Å². The Morgan fingerprint density at radius 1 is 1.50 bits per heavy atom. The number of fused-ring (bicyclic) bond motifs is 1. The summed E-state index contributed by atoms with van der Waals surface area (Å²) >= 11 is 0. The minimum Gasteiger partial charge on any atom is -0.373 e. The van der Waals surface area contributed by atoms with Crippen molar-refractivity contribution >= 4 is 5.91 Å². The molecule has 0 radical (unpaired) electrons. The van der Waals surface area contributed by atoms with Gasteiger partial charge in [-0.05, 0) is 38.0 Å². The largest absolute Gasteiger partial charge is 0.373 e. The van der Waals surface area contributed by atoms with E-state index in [1.165, 1.54) is 5.56 Å². The van der Waals surface area contributed by atoms with Gasteiger partial charge in [-0.15, -0.1) is 0 Å². The molecule has 3 aliphatic rings. The van der Waals surface area contributed by atoms with Gasteiger partial charge in [0.1, 0.15) is 11.9 Å². The van der Waals surface area contributed by atoms with Crippen molar-refractivity contribution in [2.75, 3.05) is 13.2 Å². The number of carbonyl (C=O) groups is 1. The summed E-state index contributed by atoms with van der Waals surface area (Å²) in [7, 11) is 0. The normalized spacial score (nSPS) is 26.8. The summed E-state index contributed by atoms with van der Waals surface area (Å²) < 4.78 is 5.77. The van der Waals surface area contributed by atoms with Crippen LogP contribution in [-0.4, -0.2) is 35.7 Å². The van der Waals surface area contributed by atoms with Crippen LogP contribution in [0.4, 0.5) is 0 Å². The standard InChI is InChI=1S/C20H24N4O2/c1-20(8-5-11-26-20)14-22-19(25)18-16-7-2-3-10-24(16)17(23-18)12-15-6-4-9-21-13-15/h2-4,6-7,9-10,13,17,23H,5,8,11-12,14H2,1H3,(H,22,25)/p+1. The van der Waals surface area contributed by atoms with Crippen LogP contribution in [0.1, 0.15) is 25.3 Å². The Morgan fingerprint density at radius 3 is 3.19 bits per heavy atom. The molecule has 3 N–H and O–H groups in total. The summed E-state index contributed by atoms with van der Waals surface area (Å²) in [5.41, 5.74) is 2.46. The lowest BCUT2D eigenvalue weighted by molar-refractivity contribution is -0.378. The van der Waals surface area contributed by atoms with E-state index in [1.54, 1.807) is 0 Å². The van der Waals surface area contributed by atoms with Crippen LogP contribution in [0.2, 0.25) is 0 Å². The van der Waals surface area contributed by atoms with E-state index in [4.69, 9.17) is 4.74 Å². The second kappa shape index (κ2) is 6.96. The molecule has 1 fully saturated rings. The third kappa shape index (κ3) is 3.37. The number of aromatic nitrogens is 1. The first-order valence-electron chi connectivity index (χ1n) is 9.16. The van der Waals surface area contributed by atoms with E-state index in [1.807, 2.05) is 42.9 Å². The molecular weight excluding hydrogens is 328 g/mol. The Labute approximate surface area is 153 Å². The van der Waals surface area contributed by atoms with Crippen LogP contribution in [0, 0.1) is 0 Å². The Morgan fingerprint density at radius 2 is 2.42 bits per heavy atom. The number of nitrogens with one attached hydrogen (secondary N) is 3. The van der Waals surface area contributed by atoms with Crippen molar-refractivity contribution in [3.63, 3.8) is 0 Å². The third-order valence-corrected chi connectivity index (χ3v) is 5.14. The number of carbonyl (C=O) groups excluding carboxylic acids is 1. The number of pyridine rings is 1. The summed E-state index contributed by atoms with van der Waals surface area (Å²) in [6.07, 6.45) is 14.7. The van der Waals surface area contributed by atoms with E-state index in [9.17, 15) is 4.79 Å². The first-order chi connectivity index (χ1) is 12.6. The minimum absolute atomic E-state index is 0.0149. The van der Waals surface area contributed by atoms with Gasteiger partial charge in [-0.2, -0.15) is 0 Å². The summed E-state index contributed by atoms with van der Waals surface area (Å²) in [4.78, 5) is 18.1. The smallest absolute Gasteiger partial charge is 0.269 e. The van der Waals surface area contributed by atoms with Gasteiger partial charge >= 0.3 is 0 Å². The molecule has 0 saturated carbocycles. The number of hydrogen-bond donors (Lipinski definition) is 2. The van der Waals surface area contributed by atoms with Crippen LogP contribution in [0.5, 0.6) is 0 Å². The van der Waals surface area contributed by atoms with Crippen LogP contribution in [0.15, 0.2) is 60.3 Å². The molecule has 0 aliphatic carbocycles. The quantitative estimate of drug-likeness (QED) is 0.836. The number of hydrogen-bond acceptors (Lipinski definition) is 4. The molecule has 0 spiro atoms. The molecule has 2 unspecified atom stereocenters. The zero-order valence-corrected chi connectivity index (χ0v) is 15.0. The van der Waals surface area contributed by atoms with Crippen molar-refractivity contribution in [1.29, 1.82) is 0 Å². The van der Waals surface area contributed by atoms with Crippen molar-refractivity contribution < 1.29 is 14.5 Å². The highest BCUT2D eigenvalue weighted by Gasteiger charge is 2.35. The molecule has 0 aromatic carbocycles. The Balaban J connectivity index is 1.47. The molecule has 3 aliphatic heterocycles. The summed E-state index contributed by atoms with van der Waals surface area (Å²) in [6, 6.07) is 4.07. The summed E-state index contributed by atoms with van der Waals surface area (Å²) in [5.74, 6) is -0.0798. The van der Waals surface area contributed by atoms with E-state index in [-0.39, 0.29) is 17.7 Å². The molecule has 136 valence electrons. The fraction of sp³-hybridized carbons (Fsp3) is 0.400. The predicted octanol–water partition coefficient (Wildman–Crippen LogP) is 1.25. The summed E-state index contributed by atoms with van der Waals surface area (Å²) in [6.45, 7) is 3.36. The highest BCUT2D eigenvalue weighted by molar-refractivity contribution is 5.94. The molecule has 1 amide bonds. The van der Waals surface area contributed by atoms with Crippen molar-refractivity contribution in [1.82, 2.24) is 15.5 Å². The number of allylic oxidation sites excluding steroid dienone is 3. The van der Waals surface area contributed by atoms with Gasteiger partial charge in [0.25, 0.3) is 5.91 Å². The second-order valence-corrected chi connectivity index (χ2v) is 7.23. The molecule has 6 heteroatoms. The SMILES string of the molecule is CC1(CNC(=O)C2=C3C=CC=CN3C(Cc3ccc[nH+]c3)N2)CCCO1. The minimum atomic E-state index is -0.249. The van der Waals surface area contributed by atoms with Crippen molar-refractivity contribution in [3.8, 4) is 0 Å². The highest BCUT2D eigenvalue weighted by Crippen LogP contribution is 2.27. The number of nitrogens with zero attached hydrogens (tertiary/aromatic N) is 1. The van der Waals surface area contributed by atoms with E-state index in [0.717, 1.165) is 31.6 Å². The fourth-order valence-electron chi connectivity index (χ4n) is 3.69. The van der Waals surface area contributed by atoms with E-state index >= 15 is 0 Å². The molecular formula is C20H25N4O2+. The molecule has 2 atom stereocenters. The van der Waals surface area contributed by atoms with Crippen LogP contribution >= 0.6 is 0 Å². The van der Waals surface area contributed by atoms with Crippen LogP contribution in [-0.2, 0) is 16.0 Å². The number of H-pyrrole nitrogens is 1. The Hall–Kier alpha value is -2.60. The molecule has 4 rings (SSSR count).